The number of hydrogen-bond acceptors (Lipinski definition) is 6. The van der Waals surface area contributed by atoms with Gasteiger partial charge in [0.1, 0.15) is 11.1 Å². The van der Waals surface area contributed by atoms with Crippen molar-refractivity contribution >= 4 is 27.1 Å². The van der Waals surface area contributed by atoms with Gasteiger partial charge in [0.25, 0.3) is 0 Å². The highest BCUT2D eigenvalue weighted by molar-refractivity contribution is 7.90. The molecule has 0 aliphatic heterocycles. The average molecular weight is 425 g/mol. The molecule has 9 heteroatoms. The van der Waals surface area contributed by atoms with Crippen LogP contribution in [-0.2, 0) is 27.7 Å². The lowest BCUT2D eigenvalue weighted by molar-refractivity contribution is 0.119. The number of aromatic nitrogens is 1. The normalized spacial score (nSPS) is 13.4. The quantitative estimate of drug-likeness (QED) is 0.518. The summed E-state index contributed by atoms with van der Waals surface area (Å²) < 4.78 is 28.4. The molecule has 1 aromatic carbocycles. The standard InChI is InChI=1S/C19H28N4O3S2/c1-6-20-19(21-11-15-7-9-17(10-8-15)28(5,24)25)23(3)12-16-13-27-18(22-16)14(2)26-4/h7-10,13-14H,6,11-12H2,1-5H3,(H,20,21). The van der Waals surface area contributed by atoms with Gasteiger partial charge in [-0.25, -0.2) is 18.4 Å². The topological polar surface area (TPSA) is 83.9 Å². The van der Waals surface area contributed by atoms with E-state index in [4.69, 9.17) is 4.74 Å². The van der Waals surface area contributed by atoms with Gasteiger partial charge in [0.15, 0.2) is 15.8 Å². The average Bonchev–Trinajstić information content (AvgIpc) is 3.12. The summed E-state index contributed by atoms with van der Waals surface area (Å²) in [5, 5.41) is 6.27. The molecular formula is C19H28N4O3S2. The predicted octanol–water partition coefficient (Wildman–Crippen LogP) is 2.85. The molecule has 1 N–H and O–H groups in total. The predicted molar refractivity (Wildman–Crippen MR) is 113 cm³/mol. The molecule has 0 spiro atoms. The van der Waals surface area contributed by atoms with Crippen molar-refractivity contribution in [2.24, 2.45) is 4.99 Å². The fraction of sp³-hybridized carbons (Fsp3) is 0.474. The van der Waals surface area contributed by atoms with Crippen LogP contribution in [0.15, 0.2) is 39.5 Å². The molecule has 7 nitrogen and oxygen atoms in total. The summed E-state index contributed by atoms with van der Waals surface area (Å²) in [5.74, 6) is 0.768. The van der Waals surface area contributed by atoms with Gasteiger partial charge in [0, 0.05) is 32.3 Å². The molecule has 0 saturated heterocycles. The summed E-state index contributed by atoms with van der Waals surface area (Å²) >= 11 is 1.59. The van der Waals surface area contributed by atoms with Crippen LogP contribution >= 0.6 is 11.3 Å². The van der Waals surface area contributed by atoms with Crippen LogP contribution in [0.1, 0.15) is 36.2 Å². The zero-order chi connectivity index (χ0) is 20.7. The smallest absolute Gasteiger partial charge is 0.194 e. The molecule has 0 fully saturated rings. The third kappa shape index (κ3) is 6.29. The van der Waals surface area contributed by atoms with Gasteiger partial charge in [0.2, 0.25) is 0 Å². The fourth-order valence-corrected chi connectivity index (χ4v) is 3.95. The molecule has 1 heterocycles. The SMILES string of the molecule is CCNC(=NCc1ccc(S(C)(=O)=O)cc1)N(C)Cc1csc(C(C)OC)n1. The van der Waals surface area contributed by atoms with E-state index in [0.29, 0.717) is 18.0 Å². The van der Waals surface area contributed by atoms with E-state index >= 15 is 0 Å². The summed E-state index contributed by atoms with van der Waals surface area (Å²) in [4.78, 5) is 11.6. The second kappa shape index (κ2) is 9.99. The van der Waals surface area contributed by atoms with Crippen molar-refractivity contribution in [2.45, 2.75) is 37.9 Å². The molecule has 0 aliphatic rings. The molecule has 1 aromatic heterocycles. The third-order valence-corrected chi connectivity index (χ3v) is 6.31. The van der Waals surface area contributed by atoms with Crippen LogP contribution in [0.4, 0.5) is 0 Å². The summed E-state index contributed by atoms with van der Waals surface area (Å²) in [5.41, 5.74) is 1.91. The molecule has 0 radical (unpaired) electrons. The van der Waals surface area contributed by atoms with Crippen molar-refractivity contribution in [3.63, 3.8) is 0 Å². The Balaban J connectivity index is 2.07. The maximum Gasteiger partial charge on any atom is 0.194 e. The van der Waals surface area contributed by atoms with Crippen LogP contribution in [0.5, 0.6) is 0 Å². The van der Waals surface area contributed by atoms with E-state index in [2.05, 4.69) is 15.3 Å². The maximum absolute atomic E-state index is 11.6. The van der Waals surface area contributed by atoms with Gasteiger partial charge in [-0.2, -0.15) is 0 Å². The van der Waals surface area contributed by atoms with Gasteiger partial charge in [0.05, 0.1) is 23.7 Å². The van der Waals surface area contributed by atoms with E-state index in [1.165, 1.54) is 6.26 Å². The van der Waals surface area contributed by atoms with Crippen LogP contribution in [0, 0.1) is 0 Å². The monoisotopic (exact) mass is 424 g/mol. The Labute approximate surface area is 171 Å². The van der Waals surface area contributed by atoms with Crippen molar-refractivity contribution in [1.82, 2.24) is 15.2 Å². The van der Waals surface area contributed by atoms with E-state index < -0.39 is 9.84 Å². The molecular weight excluding hydrogens is 396 g/mol. The van der Waals surface area contributed by atoms with E-state index in [-0.39, 0.29) is 6.10 Å². The first-order valence-corrected chi connectivity index (χ1v) is 11.8. The molecule has 0 aliphatic carbocycles. The Kier molecular flexibility index (Phi) is 7.97. The summed E-state index contributed by atoms with van der Waals surface area (Å²) in [6, 6.07) is 6.82. The van der Waals surface area contributed by atoms with Gasteiger partial charge in [-0.15, -0.1) is 11.3 Å². The first-order valence-electron chi connectivity index (χ1n) is 9.00. The Hall–Kier alpha value is -1.97. The van der Waals surface area contributed by atoms with Gasteiger partial charge in [-0.05, 0) is 31.5 Å². The molecule has 0 saturated carbocycles. The Morgan fingerprint density at radius 2 is 2.04 bits per heavy atom. The van der Waals surface area contributed by atoms with Crippen molar-refractivity contribution < 1.29 is 13.2 Å². The highest BCUT2D eigenvalue weighted by Gasteiger charge is 2.13. The third-order valence-electron chi connectivity index (χ3n) is 4.13. The highest BCUT2D eigenvalue weighted by Crippen LogP contribution is 2.21. The number of rotatable bonds is 8. The Bertz CT molecular complexity index is 892. The first-order chi connectivity index (χ1) is 13.2. The van der Waals surface area contributed by atoms with E-state index in [1.807, 2.05) is 31.2 Å². The summed E-state index contributed by atoms with van der Waals surface area (Å²) in [6.07, 6.45) is 1.19. The lowest BCUT2D eigenvalue weighted by Gasteiger charge is -2.21. The van der Waals surface area contributed by atoms with Gasteiger partial charge in [-0.1, -0.05) is 12.1 Å². The number of ether oxygens (including phenoxy) is 1. The molecule has 154 valence electrons. The first kappa shape index (κ1) is 22.3. The molecule has 1 unspecified atom stereocenters. The van der Waals surface area contributed by atoms with Crippen LogP contribution < -0.4 is 5.32 Å². The molecule has 2 rings (SSSR count). The molecule has 0 bridgehead atoms. The second-order valence-corrected chi connectivity index (χ2v) is 9.40. The number of methoxy groups -OCH3 is 1. The molecule has 2 aromatic rings. The van der Waals surface area contributed by atoms with Crippen LogP contribution in [0.3, 0.4) is 0 Å². The number of guanidine groups is 1. The number of nitrogens with one attached hydrogen (secondary N) is 1. The minimum Gasteiger partial charge on any atom is -0.375 e. The molecule has 28 heavy (non-hydrogen) atoms. The minimum atomic E-state index is -3.19. The minimum absolute atomic E-state index is 0.0131. The van der Waals surface area contributed by atoms with Crippen molar-refractivity contribution in [3.8, 4) is 0 Å². The Morgan fingerprint density at radius 3 is 2.61 bits per heavy atom. The largest absolute Gasteiger partial charge is 0.375 e. The van der Waals surface area contributed by atoms with E-state index in [0.717, 1.165) is 28.8 Å². The van der Waals surface area contributed by atoms with Crippen molar-refractivity contribution in [3.05, 3.63) is 45.9 Å². The lowest BCUT2D eigenvalue weighted by atomic mass is 10.2. The second-order valence-electron chi connectivity index (χ2n) is 6.50. The summed E-state index contributed by atoms with van der Waals surface area (Å²) in [6.45, 7) is 5.84. The highest BCUT2D eigenvalue weighted by atomic mass is 32.2. The Morgan fingerprint density at radius 1 is 1.36 bits per heavy atom. The number of nitrogens with zero attached hydrogens (tertiary/aromatic N) is 3. The number of aliphatic imine (C=N–C) groups is 1. The van der Waals surface area contributed by atoms with Crippen molar-refractivity contribution in [2.75, 3.05) is 27.0 Å². The number of sulfone groups is 1. The van der Waals surface area contributed by atoms with Crippen LogP contribution in [0.25, 0.3) is 0 Å². The zero-order valence-electron chi connectivity index (χ0n) is 17.0. The van der Waals surface area contributed by atoms with Crippen LogP contribution in [0.2, 0.25) is 0 Å². The number of thiazole rings is 1. The van der Waals surface area contributed by atoms with E-state index in [1.54, 1.807) is 42.7 Å². The maximum atomic E-state index is 11.6. The molecule has 0 amide bonds. The van der Waals surface area contributed by atoms with Gasteiger partial charge >= 0.3 is 0 Å². The number of benzene rings is 1. The van der Waals surface area contributed by atoms with E-state index in [9.17, 15) is 8.42 Å². The van der Waals surface area contributed by atoms with Crippen LogP contribution in [-0.4, -0.2) is 51.2 Å². The summed E-state index contributed by atoms with van der Waals surface area (Å²) in [7, 11) is 0.457. The van der Waals surface area contributed by atoms with Crippen molar-refractivity contribution in [1.29, 1.82) is 0 Å². The van der Waals surface area contributed by atoms with Gasteiger partial charge in [-0.3, -0.25) is 0 Å². The molecule has 1 atom stereocenters. The van der Waals surface area contributed by atoms with Gasteiger partial charge < -0.3 is 15.0 Å². The lowest BCUT2D eigenvalue weighted by Crippen LogP contribution is -2.38. The number of hydrogen-bond donors (Lipinski definition) is 1. The fourth-order valence-electron chi connectivity index (χ4n) is 2.48. The zero-order valence-corrected chi connectivity index (χ0v) is 18.6.